The van der Waals surface area contributed by atoms with Gasteiger partial charge in [-0.05, 0) is 49.8 Å². The number of carbonyl (C=O) groups is 1. The molecule has 0 bridgehead atoms. The predicted octanol–water partition coefficient (Wildman–Crippen LogP) is 3.22. The van der Waals surface area contributed by atoms with Crippen LogP contribution in [-0.4, -0.2) is 16.9 Å². The summed E-state index contributed by atoms with van der Waals surface area (Å²) in [6, 6.07) is 9.22. The SMILES string of the molecule is C[C@H]1CC[C@@H](NC(=O)c2cc3c(C#N)cc(C#N)cc3[nH]2)CC1. The van der Waals surface area contributed by atoms with Gasteiger partial charge in [0.2, 0.25) is 0 Å². The van der Waals surface area contributed by atoms with Crippen molar-refractivity contribution in [3.63, 3.8) is 0 Å². The van der Waals surface area contributed by atoms with Crippen molar-refractivity contribution < 1.29 is 4.79 Å². The number of nitrogens with one attached hydrogen (secondary N) is 2. The Kier molecular flexibility index (Phi) is 4.04. The molecule has 2 N–H and O–H groups in total. The molecule has 1 aromatic carbocycles. The van der Waals surface area contributed by atoms with Crippen molar-refractivity contribution in [1.82, 2.24) is 10.3 Å². The Morgan fingerprint density at radius 3 is 2.57 bits per heavy atom. The third-order valence-corrected chi connectivity index (χ3v) is 4.58. The van der Waals surface area contributed by atoms with Crippen LogP contribution in [0.4, 0.5) is 0 Å². The first kappa shape index (κ1) is 15.1. The number of H-pyrrole nitrogens is 1. The van der Waals surface area contributed by atoms with Crippen molar-refractivity contribution in [2.24, 2.45) is 5.92 Å². The van der Waals surface area contributed by atoms with Crippen molar-refractivity contribution in [1.29, 1.82) is 10.5 Å². The Morgan fingerprint density at radius 2 is 1.91 bits per heavy atom. The van der Waals surface area contributed by atoms with Crippen molar-refractivity contribution in [2.45, 2.75) is 38.6 Å². The van der Waals surface area contributed by atoms with E-state index in [9.17, 15) is 10.1 Å². The van der Waals surface area contributed by atoms with Gasteiger partial charge in [0.1, 0.15) is 5.69 Å². The van der Waals surface area contributed by atoms with Crippen LogP contribution in [0.15, 0.2) is 18.2 Å². The molecule has 5 nitrogen and oxygen atoms in total. The zero-order chi connectivity index (χ0) is 16.4. The summed E-state index contributed by atoms with van der Waals surface area (Å²) in [5.74, 6) is 0.585. The smallest absolute Gasteiger partial charge is 0.267 e. The second-order valence-electron chi connectivity index (χ2n) is 6.32. The van der Waals surface area contributed by atoms with Crippen LogP contribution in [0.1, 0.15) is 54.2 Å². The van der Waals surface area contributed by atoms with Crippen molar-refractivity contribution in [3.8, 4) is 12.1 Å². The minimum absolute atomic E-state index is 0.150. The van der Waals surface area contributed by atoms with Crippen LogP contribution >= 0.6 is 0 Å². The highest BCUT2D eigenvalue weighted by Crippen LogP contribution is 2.25. The van der Waals surface area contributed by atoms with Crippen molar-refractivity contribution in [3.05, 3.63) is 35.0 Å². The van der Waals surface area contributed by atoms with Crippen LogP contribution in [0.2, 0.25) is 0 Å². The average molecular weight is 306 g/mol. The fourth-order valence-corrected chi connectivity index (χ4v) is 3.18. The molecule has 1 aromatic heterocycles. The number of hydrogen-bond acceptors (Lipinski definition) is 3. The van der Waals surface area contributed by atoms with Crippen LogP contribution in [0.25, 0.3) is 10.9 Å². The van der Waals surface area contributed by atoms with Gasteiger partial charge in [0.15, 0.2) is 0 Å². The third kappa shape index (κ3) is 3.05. The lowest BCUT2D eigenvalue weighted by Crippen LogP contribution is -2.37. The normalized spacial score (nSPS) is 20.7. The maximum atomic E-state index is 12.4. The van der Waals surface area contributed by atoms with Crippen LogP contribution in [-0.2, 0) is 0 Å². The Bertz CT molecular complexity index is 829. The lowest BCUT2D eigenvalue weighted by Gasteiger charge is -2.26. The van der Waals surface area contributed by atoms with E-state index in [0.29, 0.717) is 27.7 Å². The van der Waals surface area contributed by atoms with Crippen LogP contribution in [0.3, 0.4) is 0 Å². The van der Waals surface area contributed by atoms with Gasteiger partial charge in [-0.25, -0.2) is 0 Å². The molecule has 0 atom stereocenters. The number of carbonyl (C=O) groups excluding carboxylic acids is 1. The van der Waals surface area contributed by atoms with E-state index in [0.717, 1.165) is 31.6 Å². The molecule has 2 aromatic rings. The van der Waals surface area contributed by atoms with E-state index in [1.807, 2.05) is 6.07 Å². The fraction of sp³-hybridized carbons (Fsp3) is 0.389. The standard InChI is InChI=1S/C18H18N4O/c1-11-2-4-14(5-3-11)21-18(23)17-8-15-13(10-20)6-12(9-19)7-16(15)22-17/h6-8,11,14,22H,2-5H2,1H3,(H,21,23)/t11-,14+. The van der Waals surface area contributed by atoms with Gasteiger partial charge in [-0.3, -0.25) is 4.79 Å². The maximum absolute atomic E-state index is 12.4. The highest BCUT2D eigenvalue weighted by Gasteiger charge is 2.21. The monoisotopic (exact) mass is 306 g/mol. The lowest BCUT2D eigenvalue weighted by molar-refractivity contribution is 0.0919. The Labute approximate surface area is 134 Å². The van der Waals surface area contributed by atoms with Gasteiger partial charge < -0.3 is 10.3 Å². The molecule has 0 radical (unpaired) electrons. The number of amides is 1. The Morgan fingerprint density at radius 1 is 1.17 bits per heavy atom. The summed E-state index contributed by atoms with van der Waals surface area (Å²) < 4.78 is 0. The van der Waals surface area contributed by atoms with Gasteiger partial charge in [-0.2, -0.15) is 10.5 Å². The second kappa shape index (κ2) is 6.14. The number of rotatable bonds is 2. The van der Waals surface area contributed by atoms with Gasteiger partial charge in [0.25, 0.3) is 5.91 Å². The summed E-state index contributed by atoms with van der Waals surface area (Å²) in [5, 5.41) is 22.0. The average Bonchev–Trinajstić information content (AvgIpc) is 3.00. The van der Waals surface area contributed by atoms with Crippen molar-refractivity contribution >= 4 is 16.8 Å². The molecular weight excluding hydrogens is 288 g/mol. The minimum Gasteiger partial charge on any atom is -0.350 e. The number of aromatic nitrogens is 1. The first-order valence-corrected chi connectivity index (χ1v) is 7.88. The van der Waals surface area contributed by atoms with Crippen molar-refractivity contribution in [2.75, 3.05) is 0 Å². The first-order valence-electron chi connectivity index (χ1n) is 7.88. The second-order valence-corrected chi connectivity index (χ2v) is 6.32. The number of nitriles is 2. The molecule has 1 fully saturated rings. The van der Waals surface area contributed by atoms with E-state index in [4.69, 9.17) is 5.26 Å². The molecule has 0 spiro atoms. The first-order chi connectivity index (χ1) is 11.1. The van der Waals surface area contributed by atoms with Gasteiger partial charge in [-0.1, -0.05) is 6.92 Å². The quantitative estimate of drug-likeness (QED) is 0.892. The zero-order valence-corrected chi connectivity index (χ0v) is 13.0. The molecule has 0 saturated heterocycles. The van der Waals surface area contributed by atoms with E-state index in [1.54, 1.807) is 18.2 Å². The van der Waals surface area contributed by atoms with Gasteiger partial charge in [-0.15, -0.1) is 0 Å². The van der Waals surface area contributed by atoms with E-state index in [1.165, 1.54) is 0 Å². The summed E-state index contributed by atoms with van der Waals surface area (Å²) in [5.41, 5.74) is 1.89. The molecule has 1 aliphatic rings. The summed E-state index contributed by atoms with van der Waals surface area (Å²) in [6.45, 7) is 2.24. The Hall–Kier alpha value is -2.79. The highest BCUT2D eigenvalue weighted by molar-refractivity contribution is 5.99. The maximum Gasteiger partial charge on any atom is 0.267 e. The van der Waals surface area contributed by atoms with Gasteiger partial charge in [0.05, 0.1) is 23.3 Å². The number of fused-ring (bicyclic) bond motifs is 1. The number of hydrogen-bond donors (Lipinski definition) is 2. The molecule has 3 rings (SSSR count). The third-order valence-electron chi connectivity index (χ3n) is 4.58. The molecule has 1 amide bonds. The molecule has 116 valence electrons. The molecule has 1 heterocycles. The Balaban J connectivity index is 1.84. The minimum atomic E-state index is -0.150. The lowest BCUT2D eigenvalue weighted by atomic mass is 9.87. The fourth-order valence-electron chi connectivity index (χ4n) is 3.18. The number of benzene rings is 1. The predicted molar refractivity (Wildman–Crippen MR) is 86.6 cm³/mol. The summed E-state index contributed by atoms with van der Waals surface area (Å²) >= 11 is 0. The molecule has 1 aliphatic carbocycles. The molecule has 5 heteroatoms. The number of nitrogens with zero attached hydrogens (tertiary/aromatic N) is 2. The molecule has 1 saturated carbocycles. The topological polar surface area (TPSA) is 92.5 Å². The van der Waals surface area contributed by atoms with E-state index in [2.05, 4.69) is 23.3 Å². The van der Waals surface area contributed by atoms with Crippen LogP contribution in [0.5, 0.6) is 0 Å². The largest absolute Gasteiger partial charge is 0.350 e. The van der Waals surface area contributed by atoms with Crippen LogP contribution < -0.4 is 5.32 Å². The van der Waals surface area contributed by atoms with E-state index < -0.39 is 0 Å². The number of aromatic amines is 1. The highest BCUT2D eigenvalue weighted by atomic mass is 16.1. The van der Waals surface area contributed by atoms with Crippen LogP contribution in [0, 0.1) is 28.6 Å². The zero-order valence-electron chi connectivity index (χ0n) is 13.0. The molecule has 23 heavy (non-hydrogen) atoms. The molecular formula is C18H18N4O. The molecule has 0 aliphatic heterocycles. The summed E-state index contributed by atoms with van der Waals surface area (Å²) in [6.07, 6.45) is 4.30. The molecule has 0 unspecified atom stereocenters. The van der Waals surface area contributed by atoms with E-state index >= 15 is 0 Å². The summed E-state index contributed by atoms with van der Waals surface area (Å²) in [4.78, 5) is 15.5. The summed E-state index contributed by atoms with van der Waals surface area (Å²) in [7, 11) is 0. The van der Waals surface area contributed by atoms with Gasteiger partial charge in [0, 0.05) is 16.9 Å². The van der Waals surface area contributed by atoms with E-state index in [-0.39, 0.29) is 11.9 Å². The van der Waals surface area contributed by atoms with Gasteiger partial charge >= 0.3 is 0 Å².